The highest BCUT2D eigenvalue weighted by Gasteiger charge is 2.20. The van der Waals surface area contributed by atoms with Crippen LogP contribution >= 0.6 is 0 Å². The molecule has 0 spiro atoms. The lowest BCUT2D eigenvalue weighted by atomic mass is 9.95. The fraction of sp³-hybridized carbons (Fsp3) is 0.545. The van der Waals surface area contributed by atoms with Gasteiger partial charge in [0.15, 0.2) is 0 Å². The molecule has 0 aromatic carbocycles. The van der Waals surface area contributed by atoms with E-state index in [1.54, 1.807) is 4.57 Å². The molecule has 1 aromatic heterocycles. The van der Waals surface area contributed by atoms with Crippen molar-refractivity contribution in [1.82, 2.24) is 9.88 Å². The summed E-state index contributed by atoms with van der Waals surface area (Å²) in [5.41, 5.74) is 3.26. The van der Waals surface area contributed by atoms with Gasteiger partial charge in [-0.1, -0.05) is 31.1 Å². The largest absolute Gasteiger partial charge is 0.396 e. The smallest absolute Gasteiger partial charge is 0.263 e. The van der Waals surface area contributed by atoms with E-state index in [9.17, 15) is 14.7 Å². The lowest BCUT2D eigenvalue weighted by Crippen LogP contribution is -2.36. The number of carbonyl (C=O) groups excluding carboxylic acids is 1. The zero-order valence-corrected chi connectivity index (χ0v) is 16.0. The highest BCUT2D eigenvalue weighted by molar-refractivity contribution is 5.94. The van der Waals surface area contributed by atoms with Crippen LogP contribution in [0.25, 0.3) is 0 Å². The summed E-state index contributed by atoms with van der Waals surface area (Å²) < 4.78 is 1.74. The number of aryl methyl sites for hydroxylation is 1. The van der Waals surface area contributed by atoms with Crippen LogP contribution in [0.4, 0.5) is 0 Å². The van der Waals surface area contributed by atoms with Gasteiger partial charge in [0.1, 0.15) is 5.56 Å². The molecule has 5 nitrogen and oxygen atoms in total. The predicted octanol–water partition coefficient (Wildman–Crippen LogP) is 2.90. The molecule has 0 aliphatic heterocycles. The molecule has 0 saturated heterocycles. The highest BCUT2D eigenvalue weighted by Crippen LogP contribution is 2.20. The van der Waals surface area contributed by atoms with Crippen LogP contribution < -0.4 is 10.9 Å². The number of amides is 1. The molecule has 1 aromatic rings. The van der Waals surface area contributed by atoms with Crippen LogP contribution in [-0.4, -0.2) is 28.7 Å². The van der Waals surface area contributed by atoms with Crippen molar-refractivity contribution in [3.05, 3.63) is 57.0 Å². The van der Waals surface area contributed by atoms with Gasteiger partial charge in [-0.2, -0.15) is 0 Å². The van der Waals surface area contributed by atoms with Gasteiger partial charge in [-0.3, -0.25) is 9.59 Å². The van der Waals surface area contributed by atoms with Crippen molar-refractivity contribution in [2.45, 2.75) is 64.3 Å². The summed E-state index contributed by atoms with van der Waals surface area (Å²) >= 11 is 0. The first-order valence-corrected chi connectivity index (χ1v) is 10.2. The van der Waals surface area contributed by atoms with Crippen LogP contribution in [0.5, 0.6) is 0 Å². The van der Waals surface area contributed by atoms with Crippen LogP contribution in [0, 0.1) is 0 Å². The molecule has 0 atom stereocenters. The zero-order chi connectivity index (χ0) is 19.1. The van der Waals surface area contributed by atoms with E-state index in [-0.39, 0.29) is 23.6 Å². The van der Waals surface area contributed by atoms with E-state index < -0.39 is 0 Å². The quantitative estimate of drug-likeness (QED) is 0.809. The van der Waals surface area contributed by atoms with Gasteiger partial charge in [0.25, 0.3) is 11.5 Å². The van der Waals surface area contributed by atoms with E-state index in [1.807, 2.05) is 12.1 Å². The number of rotatable bonds is 6. The zero-order valence-electron chi connectivity index (χ0n) is 16.0. The molecule has 146 valence electrons. The number of carbonyl (C=O) groups is 1. The van der Waals surface area contributed by atoms with Crippen LogP contribution in [0.3, 0.4) is 0 Å². The summed E-state index contributed by atoms with van der Waals surface area (Å²) in [6, 6.07) is 1.82. The number of nitrogens with one attached hydrogen (secondary N) is 1. The first kappa shape index (κ1) is 19.6. The number of hydrogen-bond acceptors (Lipinski definition) is 3. The Morgan fingerprint density at radius 2 is 1.96 bits per heavy atom. The minimum atomic E-state index is -0.303. The molecule has 1 heterocycles. The van der Waals surface area contributed by atoms with E-state index >= 15 is 0 Å². The third-order valence-corrected chi connectivity index (χ3v) is 5.41. The molecule has 5 heteroatoms. The summed E-state index contributed by atoms with van der Waals surface area (Å²) in [4.78, 5) is 25.8. The molecular weight excluding hydrogens is 340 g/mol. The van der Waals surface area contributed by atoms with E-state index in [0.29, 0.717) is 19.5 Å². The Hall–Kier alpha value is -2.14. The topological polar surface area (TPSA) is 71.3 Å². The lowest BCUT2D eigenvalue weighted by molar-refractivity contribution is 0.0955. The number of aromatic nitrogens is 1. The fourth-order valence-corrected chi connectivity index (χ4v) is 3.94. The monoisotopic (exact) mass is 370 g/mol. The summed E-state index contributed by atoms with van der Waals surface area (Å²) in [7, 11) is 0. The third-order valence-electron chi connectivity index (χ3n) is 5.41. The van der Waals surface area contributed by atoms with Crippen molar-refractivity contribution >= 4 is 5.91 Å². The summed E-state index contributed by atoms with van der Waals surface area (Å²) in [6.45, 7) is 0.952. The average Bonchev–Trinajstić information content (AvgIpc) is 2.67. The average molecular weight is 370 g/mol. The van der Waals surface area contributed by atoms with Gasteiger partial charge >= 0.3 is 0 Å². The second-order valence-electron chi connectivity index (χ2n) is 7.42. The van der Waals surface area contributed by atoms with Crippen LogP contribution in [0.1, 0.15) is 66.6 Å². The first-order chi connectivity index (χ1) is 13.2. The molecule has 27 heavy (non-hydrogen) atoms. The van der Waals surface area contributed by atoms with Crippen LogP contribution in [0.2, 0.25) is 0 Å². The molecular formula is C22H30N2O3. The molecule has 0 fully saturated rings. The molecule has 0 unspecified atom stereocenters. The summed E-state index contributed by atoms with van der Waals surface area (Å²) in [6.07, 6.45) is 15.1. The number of aliphatic hydroxyl groups excluding tert-OH is 1. The first-order valence-electron chi connectivity index (χ1n) is 10.2. The Morgan fingerprint density at radius 1 is 1.15 bits per heavy atom. The number of hydrogen-bond donors (Lipinski definition) is 2. The van der Waals surface area contributed by atoms with E-state index in [0.717, 1.165) is 55.4 Å². The number of allylic oxidation sites excluding steroid dienone is 2. The minimum absolute atomic E-state index is 0.0398. The van der Waals surface area contributed by atoms with Gasteiger partial charge in [-0.25, -0.2) is 0 Å². The SMILES string of the molecule is O=C(NCC1=CCCC=C1)c1cc2c(n(CCCO)c1=O)CCCCCC2. The standard InChI is InChI=1S/C22H30N2O3/c25-14-8-13-24-20-12-7-2-1-6-11-18(20)15-19(22(24)27)21(26)23-16-17-9-4-3-5-10-17/h4,9-10,15,25H,1-3,5-8,11-14,16H2,(H,23,26). The van der Waals surface area contributed by atoms with Crippen molar-refractivity contribution in [3.8, 4) is 0 Å². The predicted molar refractivity (Wildman–Crippen MR) is 107 cm³/mol. The minimum Gasteiger partial charge on any atom is -0.396 e. The molecule has 1 amide bonds. The lowest BCUT2D eigenvalue weighted by Gasteiger charge is -2.21. The van der Waals surface area contributed by atoms with Gasteiger partial charge in [-0.05, 0) is 62.1 Å². The molecule has 2 N–H and O–H groups in total. The van der Waals surface area contributed by atoms with Gasteiger partial charge in [0.2, 0.25) is 0 Å². The Kier molecular flexibility index (Phi) is 7.04. The second kappa shape index (κ2) is 9.70. The van der Waals surface area contributed by atoms with Crippen molar-refractivity contribution < 1.29 is 9.90 Å². The maximum Gasteiger partial charge on any atom is 0.263 e. The Bertz CT molecular complexity index is 789. The van der Waals surface area contributed by atoms with Crippen LogP contribution in [-0.2, 0) is 19.4 Å². The van der Waals surface area contributed by atoms with E-state index in [1.165, 1.54) is 12.8 Å². The Morgan fingerprint density at radius 3 is 2.70 bits per heavy atom. The third kappa shape index (κ3) is 4.98. The molecule has 2 aliphatic rings. The molecule has 2 aliphatic carbocycles. The van der Waals surface area contributed by atoms with E-state index in [4.69, 9.17) is 0 Å². The number of nitrogens with zero attached hydrogens (tertiary/aromatic N) is 1. The van der Waals surface area contributed by atoms with E-state index in [2.05, 4.69) is 17.5 Å². The normalized spacial score (nSPS) is 16.9. The maximum atomic E-state index is 13.0. The van der Waals surface area contributed by atoms with Gasteiger partial charge in [0, 0.05) is 25.4 Å². The fourth-order valence-electron chi connectivity index (χ4n) is 3.94. The Labute approximate surface area is 160 Å². The van der Waals surface area contributed by atoms with Crippen molar-refractivity contribution in [1.29, 1.82) is 0 Å². The molecule has 0 radical (unpaired) electrons. The number of aliphatic hydroxyl groups is 1. The van der Waals surface area contributed by atoms with Gasteiger partial charge in [0.05, 0.1) is 0 Å². The molecule has 0 saturated carbocycles. The van der Waals surface area contributed by atoms with Crippen molar-refractivity contribution in [2.24, 2.45) is 0 Å². The maximum absolute atomic E-state index is 13.0. The Balaban J connectivity index is 1.87. The second-order valence-corrected chi connectivity index (χ2v) is 7.42. The van der Waals surface area contributed by atoms with Gasteiger partial charge in [-0.15, -0.1) is 0 Å². The molecule has 3 rings (SSSR count). The summed E-state index contributed by atoms with van der Waals surface area (Å²) in [5.74, 6) is -0.303. The number of fused-ring (bicyclic) bond motifs is 1. The van der Waals surface area contributed by atoms with Crippen molar-refractivity contribution in [2.75, 3.05) is 13.2 Å². The molecule has 0 bridgehead atoms. The van der Waals surface area contributed by atoms with Gasteiger partial charge < -0.3 is 15.0 Å². The highest BCUT2D eigenvalue weighted by atomic mass is 16.3. The number of pyridine rings is 1. The van der Waals surface area contributed by atoms with Crippen LogP contribution in [0.15, 0.2) is 34.7 Å². The summed E-state index contributed by atoms with van der Waals surface area (Å²) in [5, 5.41) is 12.1. The van der Waals surface area contributed by atoms with Crippen molar-refractivity contribution in [3.63, 3.8) is 0 Å².